The van der Waals surface area contributed by atoms with Gasteiger partial charge in [0.05, 0.1) is 59.7 Å². The van der Waals surface area contributed by atoms with Crippen LogP contribution < -0.4 is 16.7 Å². The number of benzene rings is 1. The second-order valence-corrected chi connectivity index (χ2v) is 11.7. The minimum Gasteiger partial charge on any atom is -0.453 e. The summed E-state index contributed by atoms with van der Waals surface area (Å²) in [6, 6.07) is 5.95. The standard InChI is InChI=1S/C28H27F3N6O6.C2H5NO2/c29-27(30,31)17-7-3-6-15-16(25(38)35-8-9-43-21-11-19(21)35)10-23(34-24(15)17)33-22-12-18-20(13-32-22)37(28(40,41)42)26(39)36(18)14-4-1-2-5-14;1-5-2(3)4/h3,6-7,10,12-14,19,21,40-42H,1-2,4-5,8-9,11H2,(H,32,33,34);1H3,(H2,3,4). The molecule has 3 aromatic heterocycles. The quantitative estimate of drug-likeness (QED) is 0.194. The molecule has 0 bridgehead atoms. The molecule has 6 N–H and O–H groups in total. The van der Waals surface area contributed by atoms with Crippen molar-refractivity contribution < 1.29 is 47.6 Å². The maximum atomic E-state index is 14.1. The van der Waals surface area contributed by atoms with E-state index in [9.17, 15) is 42.9 Å². The molecule has 48 heavy (non-hydrogen) atoms. The van der Waals surface area contributed by atoms with E-state index in [0.717, 1.165) is 25.1 Å². The van der Waals surface area contributed by atoms with Crippen molar-refractivity contribution in [3.63, 3.8) is 0 Å². The van der Waals surface area contributed by atoms with Gasteiger partial charge in [-0.15, -0.1) is 0 Å². The molecule has 7 rings (SSSR count). The van der Waals surface area contributed by atoms with Crippen LogP contribution in [-0.4, -0.2) is 83.7 Å². The van der Waals surface area contributed by atoms with Crippen LogP contribution in [0.2, 0.25) is 0 Å². The third kappa shape index (κ3) is 6.26. The highest BCUT2D eigenvalue weighted by Gasteiger charge is 2.48. The number of hydrogen-bond donors (Lipinski definition) is 5. The molecular formula is C30H32F3N7O8. The summed E-state index contributed by atoms with van der Waals surface area (Å²) in [5.74, 6) is -0.458. The first-order valence-corrected chi connectivity index (χ1v) is 15.0. The fourth-order valence-corrected chi connectivity index (χ4v) is 6.38. The van der Waals surface area contributed by atoms with E-state index < -0.39 is 41.0 Å². The number of anilines is 2. The predicted octanol–water partition coefficient (Wildman–Crippen LogP) is 2.49. The summed E-state index contributed by atoms with van der Waals surface area (Å²) in [7, 11) is 1.22. The van der Waals surface area contributed by atoms with Gasteiger partial charge < -0.3 is 40.7 Å². The van der Waals surface area contributed by atoms with Crippen molar-refractivity contribution in [2.75, 3.05) is 25.6 Å². The highest BCUT2D eigenvalue weighted by molar-refractivity contribution is 6.08. The fourth-order valence-electron chi connectivity index (χ4n) is 6.38. The molecule has 0 spiro atoms. The zero-order valence-electron chi connectivity index (χ0n) is 25.5. The number of ether oxygens (including phenoxy) is 2. The summed E-state index contributed by atoms with van der Waals surface area (Å²) < 4.78 is 53.4. The average Bonchev–Trinajstić information content (AvgIpc) is 3.51. The monoisotopic (exact) mass is 675 g/mol. The molecule has 4 heterocycles. The van der Waals surface area contributed by atoms with Gasteiger partial charge in [0.15, 0.2) is 0 Å². The highest BCUT2D eigenvalue weighted by Crippen LogP contribution is 2.39. The summed E-state index contributed by atoms with van der Waals surface area (Å²) in [5, 5.41) is 32.6. The van der Waals surface area contributed by atoms with E-state index in [1.165, 1.54) is 35.9 Å². The molecule has 0 radical (unpaired) electrons. The molecule has 256 valence electrons. The Labute approximate surface area is 269 Å². The van der Waals surface area contributed by atoms with Crippen LogP contribution in [0.15, 0.2) is 41.3 Å². The van der Waals surface area contributed by atoms with Gasteiger partial charge in [-0.1, -0.05) is 25.0 Å². The van der Waals surface area contributed by atoms with E-state index in [1.54, 1.807) is 4.90 Å². The number of nitrogens with one attached hydrogen (secondary N) is 1. The number of aliphatic hydroxyl groups is 3. The minimum atomic E-state index is -4.74. The average molecular weight is 676 g/mol. The van der Waals surface area contributed by atoms with E-state index >= 15 is 0 Å². The summed E-state index contributed by atoms with van der Waals surface area (Å²) in [6.45, 7) is 0.638. The van der Waals surface area contributed by atoms with Crippen molar-refractivity contribution in [2.45, 2.75) is 62.6 Å². The number of amides is 2. The molecule has 15 nitrogen and oxygen atoms in total. The number of nitrogens with zero attached hydrogens (tertiary/aromatic N) is 5. The topological polar surface area (TPSA) is 207 Å². The molecule has 4 aromatic rings. The molecule has 2 amide bonds. The zero-order valence-corrected chi connectivity index (χ0v) is 25.5. The number of nitrogens with two attached hydrogens (primary N) is 1. The third-order valence-corrected chi connectivity index (χ3v) is 8.61. The lowest BCUT2D eigenvalue weighted by atomic mass is 10.0. The number of aromatic nitrogens is 4. The Hall–Kier alpha value is -4.78. The van der Waals surface area contributed by atoms with Gasteiger partial charge in [0.2, 0.25) is 0 Å². The number of fused-ring (bicyclic) bond motifs is 3. The van der Waals surface area contributed by atoms with Crippen molar-refractivity contribution in [2.24, 2.45) is 5.73 Å². The van der Waals surface area contributed by atoms with E-state index in [2.05, 4.69) is 25.8 Å². The molecule has 1 aliphatic heterocycles. The predicted molar refractivity (Wildman–Crippen MR) is 162 cm³/mol. The van der Waals surface area contributed by atoms with Crippen LogP contribution in [0.5, 0.6) is 0 Å². The first-order chi connectivity index (χ1) is 22.7. The lowest BCUT2D eigenvalue weighted by Gasteiger charge is -2.27. The maximum Gasteiger partial charge on any atom is 0.418 e. The highest BCUT2D eigenvalue weighted by atomic mass is 19.4. The molecule has 2 saturated carbocycles. The van der Waals surface area contributed by atoms with E-state index in [1.807, 2.05) is 0 Å². The molecule has 2 atom stereocenters. The number of para-hydroxylation sites is 1. The Morgan fingerprint density at radius 3 is 2.46 bits per heavy atom. The summed E-state index contributed by atoms with van der Waals surface area (Å²) in [5.41, 5.74) is 2.34. The Morgan fingerprint density at radius 2 is 1.81 bits per heavy atom. The Balaban J connectivity index is 0.000000749. The Kier molecular flexibility index (Phi) is 8.52. The first kappa shape index (κ1) is 33.1. The smallest absolute Gasteiger partial charge is 0.418 e. The second kappa shape index (κ2) is 12.3. The third-order valence-electron chi connectivity index (χ3n) is 8.61. The lowest BCUT2D eigenvalue weighted by Crippen LogP contribution is -2.41. The van der Waals surface area contributed by atoms with Crippen LogP contribution in [0.4, 0.5) is 29.6 Å². The number of rotatable bonds is 5. The number of primary amides is 1. The van der Waals surface area contributed by atoms with Crippen LogP contribution in [0.1, 0.15) is 54.1 Å². The van der Waals surface area contributed by atoms with Crippen molar-refractivity contribution in [3.8, 4) is 0 Å². The summed E-state index contributed by atoms with van der Waals surface area (Å²) in [6.07, 6.45) is -4.24. The number of methoxy groups -OCH3 is 1. The van der Waals surface area contributed by atoms with Gasteiger partial charge in [0, 0.05) is 24.0 Å². The van der Waals surface area contributed by atoms with Gasteiger partial charge in [0.25, 0.3) is 5.91 Å². The van der Waals surface area contributed by atoms with Crippen LogP contribution >= 0.6 is 0 Å². The van der Waals surface area contributed by atoms with Crippen molar-refractivity contribution in [1.29, 1.82) is 0 Å². The molecule has 3 aliphatic rings. The second-order valence-electron chi connectivity index (χ2n) is 11.7. The van der Waals surface area contributed by atoms with Crippen LogP contribution in [-0.2, 0) is 21.7 Å². The largest absolute Gasteiger partial charge is 0.453 e. The Bertz CT molecular complexity index is 1950. The van der Waals surface area contributed by atoms with Gasteiger partial charge in [-0.25, -0.2) is 24.1 Å². The molecule has 3 fully saturated rings. The van der Waals surface area contributed by atoms with E-state index in [4.69, 9.17) is 4.74 Å². The van der Waals surface area contributed by atoms with Crippen LogP contribution in [0.3, 0.4) is 0 Å². The van der Waals surface area contributed by atoms with Gasteiger partial charge in [-0.3, -0.25) is 9.36 Å². The van der Waals surface area contributed by atoms with Crippen molar-refractivity contribution >= 4 is 45.6 Å². The Morgan fingerprint density at radius 1 is 1.10 bits per heavy atom. The SMILES string of the molecule is COC(N)=O.O=C(c1cc(Nc2cc3c(cn2)n(C(O)(O)O)c(=O)n3C2CCCC2)nc2c(C(F)(F)F)cccc12)N1CCOC2CC21. The van der Waals surface area contributed by atoms with E-state index in [-0.39, 0.29) is 51.8 Å². The number of pyridine rings is 2. The molecule has 1 saturated heterocycles. The molecule has 1 aromatic carbocycles. The molecule has 2 unspecified atom stereocenters. The summed E-state index contributed by atoms with van der Waals surface area (Å²) >= 11 is 0. The number of morpholine rings is 1. The van der Waals surface area contributed by atoms with Crippen LogP contribution in [0.25, 0.3) is 21.9 Å². The van der Waals surface area contributed by atoms with Gasteiger partial charge in [0.1, 0.15) is 11.6 Å². The number of imidazole rings is 1. The van der Waals surface area contributed by atoms with Crippen LogP contribution in [0, 0.1) is 0 Å². The maximum absolute atomic E-state index is 14.1. The number of alkyl halides is 3. The minimum absolute atomic E-state index is 0.0341. The van der Waals surface area contributed by atoms with Crippen molar-refractivity contribution in [3.05, 3.63) is 58.1 Å². The van der Waals surface area contributed by atoms with Crippen molar-refractivity contribution in [1.82, 2.24) is 24.0 Å². The van der Waals surface area contributed by atoms with Gasteiger partial charge >= 0.3 is 24.1 Å². The zero-order chi connectivity index (χ0) is 34.5. The molecule has 2 aliphatic carbocycles. The number of carbonyl (C=O) groups is 2. The van der Waals surface area contributed by atoms with Gasteiger partial charge in [-0.05, 0) is 31.4 Å². The number of carbonyl (C=O) groups excluding carboxylic acids is 2. The number of hydrogen-bond acceptors (Lipinski definition) is 11. The summed E-state index contributed by atoms with van der Waals surface area (Å²) in [4.78, 5) is 46.3. The molecule has 18 heteroatoms. The molecular weight excluding hydrogens is 643 g/mol. The normalized spacial score (nSPS) is 19.5. The number of halogens is 3. The fraction of sp³-hybridized carbons (Fsp3) is 0.433. The lowest BCUT2D eigenvalue weighted by molar-refractivity contribution is -0.374. The van der Waals surface area contributed by atoms with E-state index in [0.29, 0.717) is 37.0 Å². The van der Waals surface area contributed by atoms with Gasteiger partial charge in [-0.2, -0.15) is 13.2 Å². The first-order valence-electron chi connectivity index (χ1n) is 15.0.